The molecule has 0 atom stereocenters. The fourth-order valence-corrected chi connectivity index (χ4v) is 2.45. The van der Waals surface area contributed by atoms with Gasteiger partial charge in [0.15, 0.2) is 5.78 Å². The number of allylic oxidation sites excluding steroid dienone is 2. The maximum Gasteiger partial charge on any atom is 0.168 e. The van der Waals surface area contributed by atoms with Gasteiger partial charge in [-0.1, -0.05) is 32.8 Å². The number of thioether (sulfide) groups is 1. The Balaban J connectivity index is 2.41. The first-order valence-electron chi connectivity index (χ1n) is 6.04. The highest BCUT2D eigenvalue weighted by molar-refractivity contribution is 8.00. The Morgan fingerprint density at radius 1 is 1.33 bits per heavy atom. The first-order valence-corrected chi connectivity index (χ1v) is 7.09. The lowest BCUT2D eigenvalue weighted by Gasteiger charge is -2.11. The summed E-state index contributed by atoms with van der Waals surface area (Å²) in [5.74, 6) is 1.04. The molecule has 0 radical (unpaired) electrons. The van der Waals surface area contributed by atoms with Gasteiger partial charge in [-0.05, 0) is 36.5 Å². The molecule has 0 N–H and O–H groups in total. The Bertz CT molecular complexity index is 231. The third-order valence-electron chi connectivity index (χ3n) is 2.70. The van der Waals surface area contributed by atoms with Crippen LogP contribution in [0.5, 0.6) is 0 Å². The lowest BCUT2D eigenvalue weighted by atomic mass is 9.98. The van der Waals surface area contributed by atoms with Crippen LogP contribution < -0.4 is 0 Å². The molecule has 0 saturated carbocycles. The Morgan fingerprint density at radius 2 is 2.07 bits per heavy atom. The molecular formula is C13H22OS. The van der Waals surface area contributed by atoms with E-state index in [2.05, 4.69) is 19.9 Å². The summed E-state index contributed by atoms with van der Waals surface area (Å²) in [5.41, 5.74) is 1.10. The van der Waals surface area contributed by atoms with Gasteiger partial charge in [0, 0.05) is 0 Å². The van der Waals surface area contributed by atoms with Crippen molar-refractivity contribution in [3.8, 4) is 0 Å². The van der Waals surface area contributed by atoms with Crippen LogP contribution in [0, 0.1) is 0 Å². The summed E-state index contributed by atoms with van der Waals surface area (Å²) in [6.45, 7) is 4.29. The van der Waals surface area contributed by atoms with E-state index in [0.29, 0.717) is 16.8 Å². The van der Waals surface area contributed by atoms with Crippen molar-refractivity contribution in [3.63, 3.8) is 0 Å². The fraction of sp³-hybridized carbons (Fsp3) is 0.769. The Kier molecular flexibility index (Phi) is 6.07. The Morgan fingerprint density at radius 3 is 2.80 bits per heavy atom. The van der Waals surface area contributed by atoms with E-state index in [0.717, 1.165) is 18.4 Å². The minimum absolute atomic E-state index is 0.371. The van der Waals surface area contributed by atoms with Gasteiger partial charge in [-0.25, -0.2) is 0 Å². The van der Waals surface area contributed by atoms with E-state index in [1.807, 2.05) is 0 Å². The summed E-state index contributed by atoms with van der Waals surface area (Å²) in [6.07, 6.45) is 9.38. The average Bonchev–Trinajstić information content (AvgIpc) is 2.13. The standard InChI is InChI=1S/C13H22OS/c1-11(2)15-10-13(14)12-8-6-4-3-5-7-9-12/h8,11H,3-7,9-10H2,1-2H3. The maximum absolute atomic E-state index is 11.9. The lowest BCUT2D eigenvalue weighted by molar-refractivity contribution is -0.113. The van der Waals surface area contributed by atoms with E-state index in [1.54, 1.807) is 11.8 Å². The van der Waals surface area contributed by atoms with Gasteiger partial charge in [-0.2, -0.15) is 11.8 Å². The van der Waals surface area contributed by atoms with E-state index in [4.69, 9.17) is 0 Å². The number of hydrogen-bond donors (Lipinski definition) is 0. The van der Waals surface area contributed by atoms with Crippen molar-refractivity contribution in [2.24, 2.45) is 0 Å². The largest absolute Gasteiger partial charge is 0.294 e. The van der Waals surface area contributed by atoms with Gasteiger partial charge in [-0.3, -0.25) is 4.79 Å². The molecule has 0 saturated heterocycles. The third kappa shape index (κ3) is 5.41. The minimum atomic E-state index is 0.371. The van der Waals surface area contributed by atoms with Crippen LogP contribution in [0.2, 0.25) is 0 Å². The Labute approximate surface area is 97.7 Å². The molecule has 15 heavy (non-hydrogen) atoms. The molecule has 0 aromatic heterocycles. The zero-order valence-corrected chi connectivity index (χ0v) is 10.7. The fourth-order valence-electron chi connectivity index (χ4n) is 1.78. The van der Waals surface area contributed by atoms with Gasteiger partial charge in [0.2, 0.25) is 0 Å². The van der Waals surface area contributed by atoms with Gasteiger partial charge >= 0.3 is 0 Å². The van der Waals surface area contributed by atoms with Crippen molar-refractivity contribution in [2.75, 3.05) is 5.75 Å². The first-order chi connectivity index (χ1) is 7.20. The van der Waals surface area contributed by atoms with Gasteiger partial charge < -0.3 is 0 Å². The van der Waals surface area contributed by atoms with Crippen molar-refractivity contribution in [2.45, 2.75) is 57.6 Å². The van der Waals surface area contributed by atoms with Gasteiger partial charge in [-0.15, -0.1) is 0 Å². The minimum Gasteiger partial charge on any atom is -0.294 e. The molecule has 1 rings (SSSR count). The van der Waals surface area contributed by atoms with Crippen LogP contribution in [-0.4, -0.2) is 16.8 Å². The monoisotopic (exact) mass is 226 g/mol. The van der Waals surface area contributed by atoms with Crippen LogP contribution >= 0.6 is 11.8 Å². The molecule has 0 aliphatic heterocycles. The SMILES string of the molecule is CC(C)SCC(=O)C1=CCCCCCC1. The second-order valence-corrected chi connectivity index (χ2v) is 6.03. The molecule has 0 spiro atoms. The number of ketones is 1. The quantitative estimate of drug-likeness (QED) is 0.721. The summed E-state index contributed by atoms with van der Waals surface area (Å²) in [6, 6.07) is 0. The van der Waals surface area contributed by atoms with E-state index >= 15 is 0 Å². The normalized spacial score (nSPS) is 18.2. The van der Waals surface area contributed by atoms with Crippen molar-refractivity contribution >= 4 is 17.5 Å². The van der Waals surface area contributed by atoms with E-state index in [-0.39, 0.29) is 0 Å². The molecule has 1 aliphatic rings. The number of hydrogen-bond acceptors (Lipinski definition) is 2. The van der Waals surface area contributed by atoms with Crippen LogP contribution in [0.15, 0.2) is 11.6 Å². The molecule has 0 unspecified atom stereocenters. The molecule has 86 valence electrons. The molecule has 0 aromatic carbocycles. The molecule has 0 fully saturated rings. The zero-order valence-electron chi connectivity index (χ0n) is 9.92. The molecular weight excluding hydrogens is 204 g/mol. The van der Waals surface area contributed by atoms with Crippen molar-refractivity contribution in [3.05, 3.63) is 11.6 Å². The van der Waals surface area contributed by atoms with Gasteiger partial charge in [0.05, 0.1) is 5.75 Å². The molecule has 0 heterocycles. The smallest absolute Gasteiger partial charge is 0.168 e. The van der Waals surface area contributed by atoms with Crippen molar-refractivity contribution < 1.29 is 4.79 Å². The van der Waals surface area contributed by atoms with Crippen molar-refractivity contribution in [1.29, 1.82) is 0 Å². The maximum atomic E-state index is 11.9. The van der Waals surface area contributed by atoms with Crippen LogP contribution in [0.3, 0.4) is 0 Å². The second-order valence-electron chi connectivity index (χ2n) is 4.47. The summed E-state index contributed by atoms with van der Waals surface area (Å²) in [4.78, 5) is 11.9. The van der Waals surface area contributed by atoms with E-state index in [9.17, 15) is 4.79 Å². The number of carbonyl (C=O) groups excluding carboxylic acids is 1. The summed E-state index contributed by atoms with van der Waals surface area (Å²) in [5, 5.41) is 0.558. The highest BCUT2D eigenvalue weighted by atomic mass is 32.2. The molecule has 0 bridgehead atoms. The third-order valence-corrected chi connectivity index (χ3v) is 3.79. The van der Waals surface area contributed by atoms with Gasteiger partial charge in [0.25, 0.3) is 0 Å². The summed E-state index contributed by atoms with van der Waals surface area (Å²) < 4.78 is 0. The molecule has 1 nitrogen and oxygen atoms in total. The predicted molar refractivity (Wildman–Crippen MR) is 68.4 cm³/mol. The molecule has 0 aromatic rings. The van der Waals surface area contributed by atoms with Crippen LogP contribution in [-0.2, 0) is 4.79 Å². The molecule has 1 aliphatic carbocycles. The number of carbonyl (C=O) groups is 1. The topological polar surface area (TPSA) is 17.1 Å². The highest BCUT2D eigenvalue weighted by Crippen LogP contribution is 2.20. The first kappa shape index (κ1) is 12.8. The summed E-state index contributed by atoms with van der Waals surface area (Å²) in [7, 11) is 0. The second kappa shape index (κ2) is 7.10. The predicted octanol–water partition coefficient (Wildman–Crippen LogP) is 3.98. The van der Waals surface area contributed by atoms with Crippen molar-refractivity contribution in [1.82, 2.24) is 0 Å². The van der Waals surface area contributed by atoms with Crippen LogP contribution in [0.1, 0.15) is 52.4 Å². The van der Waals surface area contributed by atoms with E-state index < -0.39 is 0 Å². The highest BCUT2D eigenvalue weighted by Gasteiger charge is 2.11. The summed E-state index contributed by atoms with van der Waals surface area (Å²) >= 11 is 1.75. The van der Waals surface area contributed by atoms with Crippen LogP contribution in [0.4, 0.5) is 0 Å². The molecule has 2 heteroatoms. The Hall–Kier alpha value is -0.240. The molecule has 0 amide bonds. The van der Waals surface area contributed by atoms with Gasteiger partial charge in [0.1, 0.15) is 0 Å². The average molecular weight is 226 g/mol. The van der Waals surface area contributed by atoms with Crippen LogP contribution in [0.25, 0.3) is 0 Å². The lowest BCUT2D eigenvalue weighted by Crippen LogP contribution is -2.09. The van der Waals surface area contributed by atoms with E-state index in [1.165, 1.54) is 25.7 Å². The number of rotatable bonds is 4. The number of Topliss-reactive ketones (excluding diaryl/α,β-unsaturated/α-hetero) is 1. The zero-order chi connectivity index (χ0) is 11.1.